The first kappa shape index (κ1) is 13.6. The topological polar surface area (TPSA) is 66.8 Å². The van der Waals surface area contributed by atoms with Crippen LogP contribution in [0.3, 0.4) is 0 Å². The fraction of sp³-hybridized carbons (Fsp3) is 0.875. The molecule has 21 heavy (non-hydrogen) atoms. The third-order valence-corrected chi connectivity index (χ3v) is 7.02. The van der Waals surface area contributed by atoms with E-state index in [-0.39, 0.29) is 41.8 Å². The Morgan fingerprint density at radius 2 is 2.05 bits per heavy atom. The van der Waals surface area contributed by atoms with Crippen LogP contribution in [0.5, 0.6) is 0 Å². The lowest BCUT2D eigenvalue weighted by Gasteiger charge is -2.49. The van der Waals surface area contributed by atoms with Gasteiger partial charge in [-0.1, -0.05) is 20.8 Å². The number of esters is 1. The average molecular weight is 293 g/mol. The van der Waals surface area contributed by atoms with Crippen LogP contribution in [0.1, 0.15) is 33.6 Å². The number of carbonyl (C=O) groups excluding carboxylic acids is 2. The molecule has 1 amide bonds. The second-order valence-electron chi connectivity index (χ2n) is 7.90. The molecule has 5 nitrogen and oxygen atoms in total. The molecule has 4 aliphatic rings. The Morgan fingerprint density at radius 3 is 2.67 bits per heavy atom. The number of amides is 1. The van der Waals surface area contributed by atoms with Crippen LogP contribution in [0.4, 0.5) is 0 Å². The highest BCUT2D eigenvalue weighted by Gasteiger charge is 2.79. The minimum atomic E-state index is -1.32. The van der Waals surface area contributed by atoms with Crippen molar-refractivity contribution in [1.29, 1.82) is 0 Å². The van der Waals surface area contributed by atoms with Crippen molar-refractivity contribution in [3.8, 4) is 0 Å². The Kier molecular flexibility index (Phi) is 2.34. The van der Waals surface area contributed by atoms with Gasteiger partial charge in [0.15, 0.2) is 5.60 Å². The highest BCUT2D eigenvalue weighted by molar-refractivity contribution is 5.91. The number of hydrogen-bond donors (Lipinski definition) is 1. The van der Waals surface area contributed by atoms with E-state index in [1.165, 1.54) is 0 Å². The number of aliphatic hydroxyl groups is 1. The third kappa shape index (κ3) is 1.17. The summed E-state index contributed by atoms with van der Waals surface area (Å²) in [7, 11) is 1.75. The minimum absolute atomic E-state index is 0.0417. The van der Waals surface area contributed by atoms with E-state index in [1.807, 2.05) is 6.92 Å². The van der Waals surface area contributed by atoms with E-state index in [2.05, 4.69) is 13.8 Å². The molecule has 0 aromatic carbocycles. The number of nitrogens with zero attached hydrogens (tertiary/aromatic N) is 1. The van der Waals surface area contributed by atoms with E-state index in [0.29, 0.717) is 12.3 Å². The lowest BCUT2D eigenvalue weighted by molar-refractivity contribution is -0.150. The van der Waals surface area contributed by atoms with Gasteiger partial charge in [-0.2, -0.15) is 0 Å². The zero-order valence-electron chi connectivity index (χ0n) is 13.0. The van der Waals surface area contributed by atoms with Crippen LogP contribution in [0.2, 0.25) is 0 Å². The van der Waals surface area contributed by atoms with Crippen molar-refractivity contribution < 1.29 is 19.4 Å². The normalized spacial score (nSPS) is 54.4. The van der Waals surface area contributed by atoms with Crippen LogP contribution >= 0.6 is 0 Å². The van der Waals surface area contributed by atoms with Gasteiger partial charge in [0, 0.05) is 18.4 Å². The Hall–Kier alpha value is -1.10. The van der Waals surface area contributed by atoms with Crippen molar-refractivity contribution >= 4 is 11.9 Å². The van der Waals surface area contributed by atoms with Gasteiger partial charge in [-0.15, -0.1) is 0 Å². The maximum atomic E-state index is 12.6. The Bertz CT molecular complexity index is 546. The summed E-state index contributed by atoms with van der Waals surface area (Å²) in [5, 5.41) is 11.1. The number of likely N-dealkylation sites (tertiary alicyclic amines) is 1. The number of ether oxygens (including phenoxy) is 1. The molecule has 1 N–H and O–H groups in total. The molecule has 2 saturated carbocycles. The monoisotopic (exact) mass is 293 g/mol. The molecule has 2 saturated heterocycles. The predicted octanol–water partition coefficient (Wildman–Crippen LogP) is 0.802. The molecular weight excluding hydrogens is 270 g/mol. The molecule has 0 radical (unpaired) electrons. The van der Waals surface area contributed by atoms with Crippen LogP contribution in [0.15, 0.2) is 0 Å². The molecule has 4 rings (SSSR count). The quantitative estimate of drug-likeness (QED) is 0.726. The van der Waals surface area contributed by atoms with Gasteiger partial charge in [0.05, 0.1) is 12.0 Å². The summed E-state index contributed by atoms with van der Waals surface area (Å²) in [6.45, 7) is 6.23. The smallest absolute Gasteiger partial charge is 0.310 e. The van der Waals surface area contributed by atoms with E-state index in [4.69, 9.17) is 4.74 Å². The zero-order valence-corrected chi connectivity index (χ0v) is 13.0. The number of hydrogen-bond acceptors (Lipinski definition) is 4. The van der Waals surface area contributed by atoms with E-state index >= 15 is 0 Å². The van der Waals surface area contributed by atoms with Crippen LogP contribution in [0.25, 0.3) is 0 Å². The molecule has 116 valence electrons. The Morgan fingerprint density at radius 1 is 1.38 bits per heavy atom. The SMILES string of the molecule is CC(C)[C@@H]1[C@H]2OC(=O)[C@@H]1[C@@H]1CC[C@@]3(O)C(=O)N(C)[C@H]2[C@]13C. The fourth-order valence-corrected chi connectivity index (χ4v) is 6.13. The lowest BCUT2D eigenvalue weighted by Crippen LogP contribution is -2.60. The molecule has 5 heteroatoms. The third-order valence-electron chi connectivity index (χ3n) is 7.02. The summed E-state index contributed by atoms with van der Waals surface area (Å²) >= 11 is 0. The first-order valence-corrected chi connectivity index (χ1v) is 7.95. The van der Waals surface area contributed by atoms with E-state index in [0.717, 1.165) is 6.42 Å². The largest absolute Gasteiger partial charge is 0.460 e. The molecule has 2 heterocycles. The zero-order chi connectivity index (χ0) is 15.3. The Balaban J connectivity index is 1.92. The highest BCUT2D eigenvalue weighted by Crippen LogP contribution is 2.68. The minimum Gasteiger partial charge on any atom is -0.460 e. The molecule has 0 aromatic rings. The van der Waals surface area contributed by atoms with Crippen molar-refractivity contribution in [2.24, 2.45) is 29.1 Å². The van der Waals surface area contributed by atoms with Gasteiger partial charge in [0.2, 0.25) is 0 Å². The van der Waals surface area contributed by atoms with Gasteiger partial charge in [-0.25, -0.2) is 0 Å². The van der Waals surface area contributed by atoms with E-state index < -0.39 is 11.0 Å². The van der Waals surface area contributed by atoms with Crippen LogP contribution in [-0.4, -0.2) is 46.7 Å². The molecule has 0 aromatic heterocycles. The van der Waals surface area contributed by atoms with Crippen molar-refractivity contribution in [3.63, 3.8) is 0 Å². The number of fused-ring (bicyclic) bond motifs is 4. The van der Waals surface area contributed by atoms with Crippen LogP contribution < -0.4 is 0 Å². The summed E-state index contributed by atoms with van der Waals surface area (Å²) in [6.07, 6.45) is 0.929. The van der Waals surface area contributed by atoms with Gasteiger partial charge in [0.25, 0.3) is 5.91 Å². The van der Waals surface area contributed by atoms with Crippen molar-refractivity contribution in [2.75, 3.05) is 7.05 Å². The van der Waals surface area contributed by atoms with E-state index in [9.17, 15) is 14.7 Å². The first-order valence-electron chi connectivity index (χ1n) is 7.95. The molecule has 0 unspecified atom stereocenters. The van der Waals surface area contributed by atoms with Crippen LogP contribution in [-0.2, 0) is 14.3 Å². The molecule has 7 atom stereocenters. The fourth-order valence-electron chi connectivity index (χ4n) is 6.13. The molecule has 2 aliphatic heterocycles. The summed E-state index contributed by atoms with van der Waals surface area (Å²) < 4.78 is 5.71. The van der Waals surface area contributed by atoms with E-state index in [1.54, 1.807) is 11.9 Å². The van der Waals surface area contributed by atoms with Gasteiger partial charge in [-0.3, -0.25) is 9.59 Å². The molecule has 2 bridgehead atoms. The molecule has 2 aliphatic carbocycles. The highest BCUT2D eigenvalue weighted by atomic mass is 16.6. The van der Waals surface area contributed by atoms with Crippen molar-refractivity contribution in [3.05, 3.63) is 0 Å². The molecular formula is C16H23NO4. The summed E-state index contributed by atoms with van der Waals surface area (Å²) in [4.78, 5) is 26.7. The summed E-state index contributed by atoms with van der Waals surface area (Å²) in [5.74, 6) is 0.0442. The maximum Gasteiger partial charge on any atom is 0.310 e. The number of likely N-dealkylation sites (N-methyl/N-ethyl adjacent to an activating group) is 1. The lowest BCUT2D eigenvalue weighted by atomic mass is 9.54. The summed E-state index contributed by atoms with van der Waals surface area (Å²) in [6, 6.07) is -0.197. The maximum absolute atomic E-state index is 12.6. The summed E-state index contributed by atoms with van der Waals surface area (Å²) in [5.41, 5.74) is -1.88. The van der Waals surface area contributed by atoms with Gasteiger partial charge in [0.1, 0.15) is 6.10 Å². The Labute approximate surface area is 124 Å². The van der Waals surface area contributed by atoms with Gasteiger partial charge in [-0.05, 0) is 24.7 Å². The first-order chi connectivity index (χ1) is 9.75. The number of carbonyl (C=O) groups is 2. The van der Waals surface area contributed by atoms with Crippen molar-refractivity contribution in [2.45, 2.75) is 51.4 Å². The van der Waals surface area contributed by atoms with Crippen molar-refractivity contribution in [1.82, 2.24) is 4.90 Å². The molecule has 4 fully saturated rings. The van der Waals surface area contributed by atoms with Gasteiger partial charge < -0.3 is 14.7 Å². The predicted molar refractivity (Wildman–Crippen MR) is 74.0 cm³/mol. The average Bonchev–Trinajstić information content (AvgIpc) is 2.89. The second kappa shape index (κ2) is 3.62. The van der Waals surface area contributed by atoms with Gasteiger partial charge >= 0.3 is 5.97 Å². The van der Waals surface area contributed by atoms with Crippen LogP contribution in [0, 0.1) is 29.1 Å². The standard InChI is InChI=1S/C16H23NO4/c1-7(2)9-10-8-5-6-16(20)14(19)17(4)12(15(8,16)3)11(9)21-13(10)18/h7-12,20H,5-6H2,1-4H3/t8-,9-,10+,11+,12+,15-,16+/m0/s1. The second-order valence-corrected chi connectivity index (χ2v) is 7.90. The molecule has 0 spiro atoms. The number of rotatable bonds is 1.